The number of benzene rings is 1. The van der Waals surface area contributed by atoms with E-state index < -0.39 is 18.2 Å². The first-order chi connectivity index (χ1) is 8.51. The number of aryl methyl sites for hydroxylation is 1. The fraction of sp³-hybridized carbons (Fsp3) is 0.462. The summed E-state index contributed by atoms with van der Waals surface area (Å²) in [6, 6.07) is 4.95. The number of hydrogen-bond donors (Lipinski definition) is 3. The van der Waals surface area contributed by atoms with E-state index in [9.17, 15) is 15.0 Å². The van der Waals surface area contributed by atoms with Crippen LogP contribution in [-0.2, 0) is 4.74 Å². The van der Waals surface area contributed by atoms with Crippen molar-refractivity contribution in [3.8, 4) is 0 Å². The summed E-state index contributed by atoms with van der Waals surface area (Å²) in [7, 11) is 2.99. The first-order valence-electron chi connectivity index (χ1n) is 5.70. The maximum Gasteiger partial charge on any atom is 0.338 e. The number of aliphatic hydroxyl groups excluding tert-OH is 2. The van der Waals surface area contributed by atoms with E-state index in [2.05, 4.69) is 10.1 Å². The molecule has 0 saturated carbocycles. The highest BCUT2D eigenvalue weighted by atomic mass is 16.5. The summed E-state index contributed by atoms with van der Waals surface area (Å²) in [6.45, 7) is 2.05. The molecule has 100 valence electrons. The van der Waals surface area contributed by atoms with Gasteiger partial charge in [0.2, 0.25) is 0 Å². The van der Waals surface area contributed by atoms with E-state index in [-0.39, 0.29) is 6.54 Å². The molecule has 1 aromatic rings. The maximum absolute atomic E-state index is 11.5. The molecule has 0 bridgehead atoms. The molecule has 2 unspecified atom stereocenters. The Morgan fingerprint density at radius 3 is 2.67 bits per heavy atom. The quantitative estimate of drug-likeness (QED) is 0.662. The summed E-state index contributed by atoms with van der Waals surface area (Å²) in [4.78, 5) is 11.5. The molecular formula is C13H19NO4. The van der Waals surface area contributed by atoms with E-state index >= 15 is 0 Å². The number of methoxy groups -OCH3 is 1. The predicted octanol–water partition coefficient (Wildman–Crippen LogP) is 0.395. The molecule has 0 aliphatic carbocycles. The van der Waals surface area contributed by atoms with Crippen molar-refractivity contribution in [1.29, 1.82) is 0 Å². The normalized spacial score (nSPS) is 14.1. The molecule has 0 saturated heterocycles. The van der Waals surface area contributed by atoms with E-state index in [0.717, 1.165) is 5.56 Å². The lowest BCUT2D eigenvalue weighted by Crippen LogP contribution is -2.29. The Bertz CT molecular complexity index is 419. The number of aliphatic hydroxyl groups is 2. The fourth-order valence-corrected chi connectivity index (χ4v) is 1.70. The van der Waals surface area contributed by atoms with Crippen LogP contribution in [0.25, 0.3) is 0 Å². The van der Waals surface area contributed by atoms with Crippen LogP contribution < -0.4 is 5.32 Å². The van der Waals surface area contributed by atoms with E-state index in [1.807, 2.05) is 0 Å². The first-order valence-corrected chi connectivity index (χ1v) is 5.70. The molecule has 0 aliphatic heterocycles. The van der Waals surface area contributed by atoms with Gasteiger partial charge in [-0.2, -0.15) is 0 Å². The average molecular weight is 253 g/mol. The third-order valence-electron chi connectivity index (χ3n) is 2.79. The smallest absolute Gasteiger partial charge is 0.338 e. The van der Waals surface area contributed by atoms with Crippen LogP contribution in [0, 0.1) is 6.92 Å². The predicted molar refractivity (Wildman–Crippen MR) is 67.4 cm³/mol. The summed E-state index contributed by atoms with van der Waals surface area (Å²) >= 11 is 0. The molecule has 5 nitrogen and oxygen atoms in total. The zero-order valence-electron chi connectivity index (χ0n) is 10.8. The first kappa shape index (κ1) is 14.6. The SMILES string of the molecule is CNCC(O)C(O)c1ccc(C)c(C(=O)OC)c1. The zero-order chi connectivity index (χ0) is 13.7. The minimum Gasteiger partial charge on any atom is -0.465 e. The third-order valence-corrected chi connectivity index (χ3v) is 2.79. The van der Waals surface area contributed by atoms with Gasteiger partial charge in [0.05, 0.1) is 18.8 Å². The minimum atomic E-state index is -1.04. The molecule has 3 N–H and O–H groups in total. The van der Waals surface area contributed by atoms with Crippen LogP contribution in [0.3, 0.4) is 0 Å². The van der Waals surface area contributed by atoms with Gasteiger partial charge >= 0.3 is 5.97 Å². The van der Waals surface area contributed by atoms with E-state index in [0.29, 0.717) is 11.1 Å². The van der Waals surface area contributed by atoms with Crippen molar-refractivity contribution in [2.75, 3.05) is 20.7 Å². The average Bonchev–Trinajstić information content (AvgIpc) is 2.38. The van der Waals surface area contributed by atoms with Crippen molar-refractivity contribution in [2.45, 2.75) is 19.1 Å². The summed E-state index contributed by atoms with van der Waals surface area (Å²) in [5.74, 6) is -0.454. The van der Waals surface area contributed by atoms with Gasteiger partial charge in [0.15, 0.2) is 0 Å². The minimum absolute atomic E-state index is 0.266. The van der Waals surface area contributed by atoms with Crippen molar-refractivity contribution in [2.24, 2.45) is 0 Å². The molecule has 0 fully saturated rings. The molecule has 2 atom stereocenters. The molecule has 0 heterocycles. The lowest BCUT2D eigenvalue weighted by atomic mass is 9.99. The van der Waals surface area contributed by atoms with Crippen LogP contribution >= 0.6 is 0 Å². The van der Waals surface area contributed by atoms with Crippen molar-refractivity contribution in [1.82, 2.24) is 5.32 Å². The van der Waals surface area contributed by atoms with Gasteiger partial charge in [-0.05, 0) is 31.2 Å². The Labute approximate surface area is 106 Å². The van der Waals surface area contributed by atoms with Crippen LogP contribution in [0.2, 0.25) is 0 Å². The van der Waals surface area contributed by atoms with E-state index in [1.165, 1.54) is 7.11 Å². The highest BCUT2D eigenvalue weighted by molar-refractivity contribution is 5.91. The topological polar surface area (TPSA) is 78.8 Å². The second-order valence-corrected chi connectivity index (χ2v) is 4.14. The molecule has 1 rings (SSSR count). The molecule has 5 heteroatoms. The lowest BCUT2D eigenvalue weighted by molar-refractivity contribution is 0.0201. The van der Waals surface area contributed by atoms with Crippen LogP contribution in [0.5, 0.6) is 0 Å². The van der Waals surface area contributed by atoms with Gasteiger partial charge in [0.25, 0.3) is 0 Å². The second-order valence-electron chi connectivity index (χ2n) is 4.14. The van der Waals surface area contributed by atoms with Crippen LogP contribution in [0.1, 0.15) is 27.6 Å². The molecule has 18 heavy (non-hydrogen) atoms. The molecule has 0 aliphatic rings. The number of ether oxygens (including phenoxy) is 1. The number of likely N-dealkylation sites (N-methyl/N-ethyl adjacent to an activating group) is 1. The summed E-state index contributed by atoms with van der Waals surface area (Å²) in [5.41, 5.74) is 1.65. The standard InChI is InChI=1S/C13H19NO4/c1-8-4-5-9(6-10(8)13(17)18-3)12(16)11(15)7-14-2/h4-6,11-12,14-16H,7H2,1-3H3. The molecular weight excluding hydrogens is 234 g/mol. The van der Waals surface area contributed by atoms with Gasteiger partial charge < -0.3 is 20.3 Å². The monoisotopic (exact) mass is 253 g/mol. The highest BCUT2D eigenvalue weighted by Crippen LogP contribution is 2.20. The second kappa shape index (κ2) is 6.49. The Hall–Kier alpha value is -1.43. The van der Waals surface area contributed by atoms with Crippen molar-refractivity contribution < 1.29 is 19.7 Å². The number of carbonyl (C=O) groups excluding carboxylic acids is 1. The maximum atomic E-state index is 11.5. The van der Waals surface area contributed by atoms with Gasteiger partial charge in [0.1, 0.15) is 6.10 Å². The van der Waals surface area contributed by atoms with Gasteiger partial charge in [-0.1, -0.05) is 12.1 Å². The summed E-state index contributed by atoms with van der Waals surface area (Å²) in [6.07, 6.45) is -1.97. The Morgan fingerprint density at radius 2 is 2.11 bits per heavy atom. The van der Waals surface area contributed by atoms with E-state index in [4.69, 9.17) is 0 Å². The number of rotatable bonds is 5. The van der Waals surface area contributed by atoms with Crippen LogP contribution in [0.15, 0.2) is 18.2 Å². The van der Waals surface area contributed by atoms with Gasteiger partial charge in [-0.3, -0.25) is 0 Å². The van der Waals surface area contributed by atoms with Crippen molar-refractivity contribution in [3.05, 3.63) is 34.9 Å². The molecule has 0 radical (unpaired) electrons. The lowest BCUT2D eigenvalue weighted by Gasteiger charge is -2.18. The Balaban J connectivity index is 3.00. The number of carbonyl (C=O) groups is 1. The van der Waals surface area contributed by atoms with Crippen molar-refractivity contribution >= 4 is 5.97 Å². The van der Waals surface area contributed by atoms with Crippen molar-refractivity contribution in [3.63, 3.8) is 0 Å². The fourth-order valence-electron chi connectivity index (χ4n) is 1.70. The van der Waals surface area contributed by atoms with Gasteiger partial charge in [-0.15, -0.1) is 0 Å². The zero-order valence-corrected chi connectivity index (χ0v) is 10.8. The molecule has 1 aromatic carbocycles. The summed E-state index contributed by atoms with van der Waals surface area (Å²) < 4.78 is 4.66. The Morgan fingerprint density at radius 1 is 1.44 bits per heavy atom. The highest BCUT2D eigenvalue weighted by Gasteiger charge is 2.19. The molecule has 0 spiro atoms. The largest absolute Gasteiger partial charge is 0.465 e. The van der Waals surface area contributed by atoms with Gasteiger partial charge in [0, 0.05) is 6.54 Å². The third kappa shape index (κ3) is 3.29. The van der Waals surface area contributed by atoms with Crippen LogP contribution in [-0.4, -0.2) is 43.0 Å². The number of nitrogens with one attached hydrogen (secondary N) is 1. The number of hydrogen-bond acceptors (Lipinski definition) is 5. The van der Waals surface area contributed by atoms with Gasteiger partial charge in [-0.25, -0.2) is 4.79 Å². The summed E-state index contributed by atoms with van der Waals surface area (Å²) in [5, 5.41) is 22.4. The van der Waals surface area contributed by atoms with E-state index in [1.54, 1.807) is 32.2 Å². The Kier molecular flexibility index (Phi) is 5.27. The molecule has 0 aromatic heterocycles. The van der Waals surface area contributed by atoms with Crippen LogP contribution in [0.4, 0.5) is 0 Å². The molecule has 0 amide bonds. The number of esters is 1.